The van der Waals surface area contributed by atoms with Gasteiger partial charge in [0, 0.05) is 25.7 Å². The number of piperidine rings is 2. The van der Waals surface area contributed by atoms with Crippen LogP contribution in [0.15, 0.2) is 30.3 Å². The van der Waals surface area contributed by atoms with Crippen LogP contribution in [0, 0.1) is 11.3 Å². The average Bonchev–Trinajstić information content (AvgIpc) is 2.69. The highest BCUT2D eigenvalue weighted by Crippen LogP contribution is 2.34. The smallest absolute Gasteiger partial charge is 0.317 e. The van der Waals surface area contributed by atoms with Crippen LogP contribution in [0.2, 0.25) is 0 Å². The third-order valence-corrected chi connectivity index (χ3v) is 5.82. The summed E-state index contributed by atoms with van der Waals surface area (Å²) in [5.74, 6) is 0. The van der Waals surface area contributed by atoms with Crippen molar-refractivity contribution in [3.05, 3.63) is 35.9 Å². The van der Waals surface area contributed by atoms with E-state index in [0.717, 1.165) is 44.5 Å². The summed E-state index contributed by atoms with van der Waals surface area (Å²) >= 11 is 0. The number of nitrogens with one attached hydrogen (secondary N) is 1. The van der Waals surface area contributed by atoms with Crippen molar-refractivity contribution < 1.29 is 4.79 Å². The third-order valence-electron chi connectivity index (χ3n) is 5.82. The molecule has 2 amide bonds. The van der Waals surface area contributed by atoms with Gasteiger partial charge in [0.25, 0.3) is 0 Å². The van der Waals surface area contributed by atoms with E-state index in [1.807, 2.05) is 35.2 Å². The normalized spacial score (nSPS) is 23.2. The Morgan fingerprint density at radius 3 is 2.65 bits per heavy atom. The van der Waals surface area contributed by atoms with Gasteiger partial charge in [0.1, 0.15) is 0 Å². The van der Waals surface area contributed by atoms with Crippen molar-refractivity contribution in [1.82, 2.24) is 15.1 Å². The van der Waals surface area contributed by atoms with Gasteiger partial charge in [-0.25, -0.2) is 4.79 Å². The van der Waals surface area contributed by atoms with Gasteiger partial charge in [-0.05, 0) is 50.8 Å². The molecule has 2 aliphatic heterocycles. The number of hydrogen-bond donors (Lipinski definition) is 1. The molecule has 2 aliphatic rings. The molecular formula is C21H30N4O. The van der Waals surface area contributed by atoms with Crippen LogP contribution in [-0.2, 0) is 5.41 Å². The molecule has 3 rings (SSSR count). The lowest BCUT2D eigenvalue weighted by Crippen LogP contribution is -2.54. The molecule has 1 atom stereocenters. The molecule has 2 heterocycles. The second-order valence-corrected chi connectivity index (χ2v) is 7.64. The van der Waals surface area contributed by atoms with Crippen molar-refractivity contribution in [2.45, 2.75) is 50.5 Å². The maximum atomic E-state index is 12.7. The minimum Gasteiger partial charge on any atom is -0.334 e. The first-order valence-electron chi connectivity index (χ1n) is 9.91. The highest BCUT2D eigenvalue weighted by molar-refractivity contribution is 5.74. The summed E-state index contributed by atoms with van der Waals surface area (Å²) in [4.78, 5) is 17.0. The Kier molecular flexibility index (Phi) is 6.16. The second-order valence-electron chi connectivity index (χ2n) is 7.64. The van der Waals surface area contributed by atoms with E-state index in [9.17, 15) is 10.1 Å². The number of amides is 2. The third kappa shape index (κ3) is 4.19. The van der Waals surface area contributed by atoms with E-state index in [1.54, 1.807) is 0 Å². The number of urea groups is 1. The van der Waals surface area contributed by atoms with Crippen molar-refractivity contribution in [2.75, 3.05) is 32.7 Å². The van der Waals surface area contributed by atoms with Crippen LogP contribution < -0.4 is 5.32 Å². The lowest BCUT2D eigenvalue weighted by atomic mass is 9.74. The Morgan fingerprint density at radius 2 is 2.00 bits per heavy atom. The van der Waals surface area contributed by atoms with Gasteiger partial charge in [-0.1, -0.05) is 37.3 Å². The van der Waals surface area contributed by atoms with E-state index in [2.05, 4.69) is 23.2 Å². The zero-order valence-electron chi connectivity index (χ0n) is 15.8. The van der Waals surface area contributed by atoms with Crippen LogP contribution >= 0.6 is 0 Å². The summed E-state index contributed by atoms with van der Waals surface area (Å²) in [6.07, 6.45) is 4.77. The van der Waals surface area contributed by atoms with E-state index >= 15 is 0 Å². The number of hydrogen-bond acceptors (Lipinski definition) is 3. The fourth-order valence-electron chi connectivity index (χ4n) is 4.27. The quantitative estimate of drug-likeness (QED) is 0.904. The fourth-order valence-corrected chi connectivity index (χ4v) is 4.27. The number of carbonyl (C=O) groups is 1. The number of benzene rings is 1. The average molecular weight is 354 g/mol. The molecule has 0 unspecified atom stereocenters. The van der Waals surface area contributed by atoms with Gasteiger partial charge in [0.15, 0.2) is 0 Å². The zero-order valence-corrected chi connectivity index (χ0v) is 15.8. The highest BCUT2D eigenvalue weighted by Gasteiger charge is 2.38. The standard InChI is InChI=1S/C21H30N4O/c1-2-12-24-13-6-9-19(16-24)23-20(26)25-14-10-21(17-22,11-15-25)18-7-4-3-5-8-18/h3-5,7-8,19H,2,6,9-16H2,1H3,(H,23,26)/t19-/m0/s1. The lowest BCUT2D eigenvalue weighted by molar-refractivity contribution is 0.152. The number of nitrogens with zero attached hydrogens (tertiary/aromatic N) is 3. The van der Waals surface area contributed by atoms with Crippen LogP contribution in [-0.4, -0.2) is 54.6 Å². The predicted octanol–water partition coefficient (Wildman–Crippen LogP) is 3.13. The van der Waals surface area contributed by atoms with E-state index in [0.29, 0.717) is 25.9 Å². The summed E-state index contributed by atoms with van der Waals surface area (Å²) in [5, 5.41) is 13.0. The minimum absolute atomic E-state index is 0.0351. The Morgan fingerprint density at radius 1 is 1.27 bits per heavy atom. The first-order valence-corrected chi connectivity index (χ1v) is 9.91. The summed E-state index contributed by atoms with van der Waals surface area (Å²) in [6, 6.07) is 12.8. The summed E-state index contributed by atoms with van der Waals surface area (Å²) in [6.45, 7) is 6.69. The van der Waals surface area contributed by atoms with Crippen molar-refractivity contribution in [2.24, 2.45) is 0 Å². The summed E-state index contributed by atoms with van der Waals surface area (Å²) in [7, 11) is 0. The molecule has 0 radical (unpaired) electrons. The van der Waals surface area contributed by atoms with Gasteiger partial charge in [-0.15, -0.1) is 0 Å². The summed E-state index contributed by atoms with van der Waals surface area (Å²) in [5.41, 5.74) is 0.617. The van der Waals surface area contributed by atoms with Crippen LogP contribution in [0.5, 0.6) is 0 Å². The fraction of sp³-hybridized carbons (Fsp3) is 0.619. The van der Waals surface area contributed by atoms with Crippen molar-refractivity contribution in [1.29, 1.82) is 5.26 Å². The lowest BCUT2D eigenvalue weighted by Gasteiger charge is -2.39. The van der Waals surface area contributed by atoms with Gasteiger partial charge < -0.3 is 15.1 Å². The largest absolute Gasteiger partial charge is 0.334 e. The zero-order chi connectivity index (χ0) is 18.4. The van der Waals surface area contributed by atoms with Gasteiger partial charge in [-0.2, -0.15) is 5.26 Å². The number of carbonyl (C=O) groups excluding carboxylic acids is 1. The molecule has 26 heavy (non-hydrogen) atoms. The number of likely N-dealkylation sites (tertiary alicyclic amines) is 2. The predicted molar refractivity (Wildman–Crippen MR) is 103 cm³/mol. The molecule has 2 fully saturated rings. The summed E-state index contributed by atoms with van der Waals surface area (Å²) < 4.78 is 0. The van der Waals surface area contributed by atoms with E-state index in [-0.39, 0.29) is 12.1 Å². The molecule has 0 bridgehead atoms. The topological polar surface area (TPSA) is 59.4 Å². The van der Waals surface area contributed by atoms with Crippen molar-refractivity contribution in [3.63, 3.8) is 0 Å². The first kappa shape index (κ1) is 18.7. The number of rotatable bonds is 4. The van der Waals surface area contributed by atoms with Crippen molar-refractivity contribution in [3.8, 4) is 6.07 Å². The first-order chi connectivity index (χ1) is 12.7. The molecule has 1 aromatic carbocycles. The molecule has 0 saturated carbocycles. The molecule has 5 nitrogen and oxygen atoms in total. The van der Waals surface area contributed by atoms with E-state index in [4.69, 9.17) is 0 Å². The molecule has 0 aliphatic carbocycles. The molecule has 140 valence electrons. The Labute approximate surface area is 157 Å². The molecule has 0 aromatic heterocycles. The molecule has 2 saturated heterocycles. The Hall–Kier alpha value is -2.06. The monoisotopic (exact) mass is 354 g/mol. The molecule has 1 aromatic rings. The molecular weight excluding hydrogens is 324 g/mol. The van der Waals surface area contributed by atoms with Gasteiger partial charge >= 0.3 is 6.03 Å². The van der Waals surface area contributed by atoms with Gasteiger partial charge in [0.05, 0.1) is 11.5 Å². The van der Waals surface area contributed by atoms with Crippen LogP contribution in [0.3, 0.4) is 0 Å². The Bertz CT molecular complexity index is 629. The van der Waals surface area contributed by atoms with Crippen LogP contribution in [0.4, 0.5) is 4.79 Å². The van der Waals surface area contributed by atoms with Gasteiger partial charge in [0.2, 0.25) is 0 Å². The second kappa shape index (κ2) is 8.55. The maximum absolute atomic E-state index is 12.7. The molecule has 1 N–H and O–H groups in total. The minimum atomic E-state index is -0.458. The van der Waals surface area contributed by atoms with Crippen molar-refractivity contribution >= 4 is 6.03 Å². The Balaban J connectivity index is 1.54. The maximum Gasteiger partial charge on any atom is 0.317 e. The molecule has 5 heteroatoms. The van der Waals surface area contributed by atoms with Crippen LogP contribution in [0.1, 0.15) is 44.6 Å². The highest BCUT2D eigenvalue weighted by atomic mass is 16.2. The number of nitriles is 1. The van der Waals surface area contributed by atoms with Crippen LogP contribution in [0.25, 0.3) is 0 Å². The SMILES string of the molecule is CCCN1CCC[C@H](NC(=O)N2CCC(C#N)(c3ccccc3)CC2)C1. The van der Waals surface area contributed by atoms with E-state index < -0.39 is 5.41 Å². The molecule has 0 spiro atoms. The van der Waals surface area contributed by atoms with Gasteiger partial charge in [-0.3, -0.25) is 0 Å². The van der Waals surface area contributed by atoms with E-state index in [1.165, 1.54) is 0 Å².